The van der Waals surface area contributed by atoms with Crippen LogP contribution in [0, 0.1) is 5.92 Å². The highest BCUT2D eigenvalue weighted by molar-refractivity contribution is 5.63. The standard InChI is InChI=1S/C30H41NO7/c1-4-22-24(32)23(31-3)26-27(25(22)33)37-28-30(35,38-26)29(34,17-18(2)36-28)16-8-9-19-12-14-21(15-13-19)20-10-6-5-7-11-20/h5-7,10-15,18,22-28,31-35H,4,8-9,16-17H2,1-3H3/t18-,22-,23+,24+,25+,26?,27?,28?,29+,30-/m1/s1. The largest absolute Gasteiger partial charge is 0.391 e. The molecule has 0 bridgehead atoms. The van der Waals surface area contributed by atoms with Crippen LogP contribution >= 0.6 is 0 Å². The number of benzene rings is 2. The van der Waals surface area contributed by atoms with Crippen LogP contribution in [0.4, 0.5) is 0 Å². The maximum absolute atomic E-state index is 11.9. The van der Waals surface area contributed by atoms with Crippen molar-refractivity contribution in [3.05, 3.63) is 60.2 Å². The molecule has 8 heteroatoms. The molecule has 10 atom stereocenters. The van der Waals surface area contributed by atoms with Gasteiger partial charge in [-0.1, -0.05) is 61.5 Å². The first-order valence-corrected chi connectivity index (χ1v) is 13.8. The lowest BCUT2D eigenvalue weighted by Crippen LogP contribution is -2.78. The van der Waals surface area contributed by atoms with E-state index < -0.39 is 54.1 Å². The average Bonchev–Trinajstić information content (AvgIpc) is 2.90. The highest BCUT2D eigenvalue weighted by Gasteiger charge is 2.68. The molecule has 3 fully saturated rings. The monoisotopic (exact) mass is 527 g/mol. The number of aliphatic hydroxyl groups excluding tert-OH is 2. The van der Waals surface area contributed by atoms with Gasteiger partial charge in [0.25, 0.3) is 0 Å². The van der Waals surface area contributed by atoms with E-state index in [1.54, 1.807) is 7.05 Å². The van der Waals surface area contributed by atoms with Crippen molar-refractivity contribution in [2.24, 2.45) is 5.92 Å². The van der Waals surface area contributed by atoms with Gasteiger partial charge in [0.15, 0.2) is 0 Å². The first kappa shape index (κ1) is 27.7. The molecule has 0 radical (unpaired) electrons. The first-order chi connectivity index (χ1) is 18.2. The van der Waals surface area contributed by atoms with E-state index in [0.717, 1.165) is 23.1 Å². The zero-order valence-electron chi connectivity index (χ0n) is 22.4. The number of hydrogen-bond acceptors (Lipinski definition) is 8. The van der Waals surface area contributed by atoms with Crippen molar-refractivity contribution in [2.45, 2.75) is 100 Å². The second kappa shape index (κ2) is 10.9. The molecule has 0 aromatic heterocycles. The second-order valence-electron chi connectivity index (χ2n) is 11.2. The molecule has 1 saturated carbocycles. The van der Waals surface area contributed by atoms with Gasteiger partial charge in [-0.15, -0.1) is 0 Å². The topological polar surface area (TPSA) is 121 Å². The molecule has 3 unspecified atom stereocenters. The lowest BCUT2D eigenvalue weighted by molar-refractivity contribution is -0.485. The maximum atomic E-state index is 11.9. The van der Waals surface area contributed by atoms with Crippen LogP contribution in [0.25, 0.3) is 11.1 Å². The number of aryl methyl sites for hydroxylation is 1. The Kier molecular flexibility index (Phi) is 7.97. The number of rotatable bonds is 7. The van der Waals surface area contributed by atoms with E-state index in [-0.39, 0.29) is 18.9 Å². The Bertz CT molecular complexity index is 1070. The third-order valence-electron chi connectivity index (χ3n) is 8.75. The van der Waals surface area contributed by atoms with E-state index >= 15 is 0 Å². The molecule has 208 valence electrons. The van der Waals surface area contributed by atoms with E-state index in [9.17, 15) is 20.4 Å². The van der Waals surface area contributed by atoms with Crippen LogP contribution in [0.15, 0.2) is 54.6 Å². The molecular formula is C30H41NO7. The predicted octanol–water partition coefficient (Wildman–Crippen LogP) is 2.36. The van der Waals surface area contributed by atoms with E-state index in [1.165, 1.54) is 0 Å². The summed E-state index contributed by atoms with van der Waals surface area (Å²) < 4.78 is 18.3. The summed E-state index contributed by atoms with van der Waals surface area (Å²) in [4.78, 5) is 0. The molecule has 2 heterocycles. The fourth-order valence-electron chi connectivity index (χ4n) is 6.61. The molecule has 1 aliphatic carbocycles. The van der Waals surface area contributed by atoms with Crippen molar-refractivity contribution in [2.75, 3.05) is 7.05 Å². The van der Waals surface area contributed by atoms with E-state index in [4.69, 9.17) is 14.2 Å². The van der Waals surface area contributed by atoms with Crippen LogP contribution in [-0.2, 0) is 20.6 Å². The molecule has 3 aliphatic rings. The van der Waals surface area contributed by atoms with Crippen molar-refractivity contribution in [3.8, 4) is 11.1 Å². The lowest BCUT2D eigenvalue weighted by atomic mass is 9.73. The first-order valence-electron chi connectivity index (χ1n) is 13.8. The highest BCUT2D eigenvalue weighted by atomic mass is 16.8. The second-order valence-corrected chi connectivity index (χ2v) is 11.2. The van der Waals surface area contributed by atoms with Gasteiger partial charge in [0, 0.05) is 12.3 Å². The summed E-state index contributed by atoms with van der Waals surface area (Å²) in [6.07, 6.45) is -2.92. The van der Waals surface area contributed by atoms with Crippen molar-refractivity contribution >= 4 is 0 Å². The van der Waals surface area contributed by atoms with Crippen molar-refractivity contribution in [3.63, 3.8) is 0 Å². The molecule has 2 saturated heterocycles. The van der Waals surface area contributed by atoms with E-state index in [0.29, 0.717) is 12.8 Å². The summed E-state index contributed by atoms with van der Waals surface area (Å²) in [7, 11) is 1.70. The summed E-state index contributed by atoms with van der Waals surface area (Å²) in [6, 6.07) is 18.0. The molecule has 8 nitrogen and oxygen atoms in total. The molecule has 2 aromatic rings. The van der Waals surface area contributed by atoms with Crippen molar-refractivity contribution in [1.82, 2.24) is 5.32 Å². The van der Waals surface area contributed by atoms with Crippen LogP contribution in [0.3, 0.4) is 0 Å². The third kappa shape index (κ3) is 4.82. The molecule has 5 N–H and O–H groups in total. The predicted molar refractivity (Wildman–Crippen MR) is 142 cm³/mol. The van der Waals surface area contributed by atoms with Gasteiger partial charge in [0.05, 0.1) is 24.4 Å². The Balaban J connectivity index is 1.31. The summed E-state index contributed by atoms with van der Waals surface area (Å²) in [6.45, 7) is 3.73. The van der Waals surface area contributed by atoms with Gasteiger partial charge in [0.1, 0.15) is 17.8 Å². The summed E-state index contributed by atoms with van der Waals surface area (Å²) >= 11 is 0. The van der Waals surface area contributed by atoms with Gasteiger partial charge in [-0.05, 0) is 56.3 Å². The van der Waals surface area contributed by atoms with Crippen molar-refractivity contribution in [1.29, 1.82) is 0 Å². The van der Waals surface area contributed by atoms with Crippen LogP contribution in [0.2, 0.25) is 0 Å². The zero-order chi connectivity index (χ0) is 27.1. The maximum Gasteiger partial charge on any atom is 0.248 e. The highest BCUT2D eigenvalue weighted by Crippen LogP contribution is 2.49. The van der Waals surface area contributed by atoms with Crippen molar-refractivity contribution < 1.29 is 34.6 Å². The molecule has 5 rings (SSSR count). The third-order valence-corrected chi connectivity index (χ3v) is 8.75. The number of likely N-dealkylation sites (N-methyl/N-ethyl adjacent to an activating group) is 1. The normalized spacial score (nSPS) is 40.8. The number of hydrogen-bond donors (Lipinski definition) is 5. The van der Waals surface area contributed by atoms with E-state index in [1.807, 2.05) is 32.0 Å². The lowest BCUT2D eigenvalue weighted by Gasteiger charge is -2.60. The molecule has 2 aliphatic heterocycles. The Labute approximate surface area is 224 Å². The summed E-state index contributed by atoms with van der Waals surface area (Å²) in [5.41, 5.74) is 1.80. The smallest absolute Gasteiger partial charge is 0.248 e. The summed E-state index contributed by atoms with van der Waals surface area (Å²) in [5.74, 6) is -2.57. The Hall–Kier alpha value is -1.88. The summed E-state index contributed by atoms with van der Waals surface area (Å²) in [5, 5.41) is 48.7. The Morgan fingerprint density at radius 3 is 2.26 bits per heavy atom. The van der Waals surface area contributed by atoms with Gasteiger partial charge < -0.3 is 40.0 Å². The molecule has 0 spiro atoms. The Morgan fingerprint density at radius 2 is 1.61 bits per heavy atom. The number of fused-ring (bicyclic) bond motifs is 2. The molecule has 0 amide bonds. The minimum absolute atomic E-state index is 0.167. The minimum atomic E-state index is -2.15. The van der Waals surface area contributed by atoms with E-state index in [2.05, 4.69) is 41.7 Å². The van der Waals surface area contributed by atoms with Crippen LogP contribution in [-0.4, -0.2) is 81.7 Å². The molecule has 38 heavy (non-hydrogen) atoms. The van der Waals surface area contributed by atoms with Crippen LogP contribution < -0.4 is 5.32 Å². The van der Waals surface area contributed by atoms with Gasteiger partial charge >= 0.3 is 0 Å². The van der Waals surface area contributed by atoms with Crippen LogP contribution in [0.5, 0.6) is 0 Å². The van der Waals surface area contributed by atoms with Gasteiger partial charge in [0.2, 0.25) is 12.1 Å². The quantitative estimate of drug-likeness (QED) is 0.372. The van der Waals surface area contributed by atoms with Gasteiger partial charge in [-0.25, -0.2) is 0 Å². The fraction of sp³-hybridized carbons (Fsp3) is 0.600. The fourth-order valence-corrected chi connectivity index (χ4v) is 6.61. The minimum Gasteiger partial charge on any atom is -0.391 e. The van der Waals surface area contributed by atoms with Gasteiger partial charge in [-0.3, -0.25) is 0 Å². The SMILES string of the molecule is CC[C@@H]1[C@H](O)[C@H](NC)C2O[C@]3(O)C(OC2[C@H]1O)O[C@H](C)C[C@@]3(O)CCCc1ccc(-c2ccccc2)cc1. The number of ether oxygens (including phenoxy) is 3. The van der Waals surface area contributed by atoms with Gasteiger partial charge in [-0.2, -0.15) is 0 Å². The average molecular weight is 528 g/mol. The van der Waals surface area contributed by atoms with Crippen LogP contribution in [0.1, 0.15) is 45.1 Å². The number of aliphatic hydroxyl groups is 4. The molecule has 2 aromatic carbocycles. The molecular weight excluding hydrogens is 486 g/mol. The number of nitrogens with one attached hydrogen (secondary N) is 1. The Morgan fingerprint density at radius 1 is 0.921 bits per heavy atom. The zero-order valence-corrected chi connectivity index (χ0v) is 22.4.